The molecule has 0 amide bonds. The molecule has 106 heavy (non-hydrogen) atoms. The van der Waals surface area contributed by atoms with Crippen molar-refractivity contribution >= 4 is 158 Å². The Balaban J connectivity index is 0.00000396. The molecule has 0 bridgehead atoms. The number of pyridine rings is 2. The maximum Gasteiger partial charge on any atom is 1.00 e. The number of carbonyl (C=O) groups is 2. The van der Waals surface area contributed by atoms with Crippen LogP contribution >= 0.6 is 23.2 Å². The second-order valence-corrected chi connectivity index (χ2v) is 28.8. The number of halogens is 2. The largest absolute Gasteiger partial charge is 1.00 e. The normalized spacial score (nSPS) is 12.7. The fraction of sp³-hybridized carbons (Fsp3) is 0. The predicted molar refractivity (Wildman–Crippen MR) is 324 cm³/mol. The molecule has 10 rings (SSSR count). The standard InChI is InChI=1S/C52H35Cl2N17O23S6.6Na/c53-30-9-5-28(19-36(30)97(83,84)85)58-49-60-47(62-51(64-49)70-13-1-3-23(21-70)45(73)74)56-26-7-11-34(95(77,78)79)32(17-26)66-68-42-38(99(89,90)91)15-25-16-39(100(92,93)94)43(44(72)40(25)41(42)55)69-67-33-18-27(8-12-35(33)96(80,81)82)57-48-61-50(59-29-6-10-31(54)37(20-29)98(86,87)88)65-52(63-48)71-14-2-4-24(22-71)46(75)76;;;;;;/h1-22H,(H13-2,55,56,57,58,59,60,61,62,63,64,65,66,67,72,73,74,75,76,77,78,79,80,81,82,83,84,85,86,87,88,89,90,91,92,93,94);;;;;;/q;6*+1/p-4. The first-order chi connectivity index (χ1) is 46.6. The van der Waals surface area contributed by atoms with Crippen molar-refractivity contribution in [1.29, 1.82) is 0 Å². The topological polar surface area (TPSA) is 660 Å². The van der Waals surface area contributed by atoms with E-state index in [2.05, 4.69) is 70.3 Å². The van der Waals surface area contributed by atoms with Crippen LogP contribution in [0.25, 0.3) is 22.7 Å². The van der Waals surface area contributed by atoms with Gasteiger partial charge in [-0.25, -0.2) is 54.3 Å². The quantitative estimate of drug-likeness (QED) is 0.0130. The van der Waals surface area contributed by atoms with Gasteiger partial charge in [0.2, 0.25) is 0 Å². The summed E-state index contributed by atoms with van der Waals surface area (Å²) in [6, 6.07) is 16.0. The number of H-pyrrole nitrogens is 4. The van der Waals surface area contributed by atoms with E-state index < -0.39 is 185 Å². The van der Waals surface area contributed by atoms with Crippen molar-refractivity contribution in [2.45, 2.75) is 29.4 Å². The Hall–Kier alpha value is -5.12. The number of azo groups is 2. The van der Waals surface area contributed by atoms with E-state index in [1.54, 1.807) is 0 Å². The van der Waals surface area contributed by atoms with E-state index in [1.165, 1.54) is 36.7 Å². The van der Waals surface area contributed by atoms with Gasteiger partial charge in [0.05, 0.1) is 95.6 Å². The summed E-state index contributed by atoms with van der Waals surface area (Å²) in [5, 5.41) is 49.8. The van der Waals surface area contributed by atoms with Gasteiger partial charge in [0.15, 0.2) is 0 Å². The number of hydrogen-bond acceptors (Lipinski definition) is 31. The van der Waals surface area contributed by atoms with Crippen molar-refractivity contribution in [2.75, 3.05) is 5.73 Å². The van der Waals surface area contributed by atoms with Gasteiger partial charge < -0.3 is 44.3 Å². The Morgan fingerprint density at radius 1 is 0.453 bits per heavy atom. The molecule has 0 spiro atoms. The average molecular weight is 1660 g/mol. The Morgan fingerprint density at radius 3 is 1.20 bits per heavy atom. The van der Waals surface area contributed by atoms with Crippen LogP contribution in [-0.2, 0) is 60.7 Å². The molecule has 0 radical (unpaired) electrons. The minimum absolute atomic E-state index is 0. The molecule has 516 valence electrons. The fourth-order valence-corrected chi connectivity index (χ4v) is 13.2. The number of hydrogen-bond donors (Lipinski definition) is 8. The third kappa shape index (κ3) is 22.6. The van der Waals surface area contributed by atoms with Gasteiger partial charge >= 0.3 is 200 Å². The number of rotatable bonds is 18. The molecule has 6 aromatic carbocycles. The smallest absolute Gasteiger partial charge is 0.870 e. The van der Waals surface area contributed by atoms with E-state index in [1.807, 2.05) is 0 Å². The van der Waals surface area contributed by atoms with Gasteiger partial charge in [-0.15, -0.1) is 20.5 Å². The predicted octanol–water partition coefficient (Wildman–Crippen LogP) is -17.6. The number of benzene rings is 6. The van der Waals surface area contributed by atoms with Crippen LogP contribution in [0.4, 0.5) is 51.2 Å². The summed E-state index contributed by atoms with van der Waals surface area (Å²) >= 11 is 11.9. The first-order valence-electron chi connectivity index (χ1n) is 26.3. The molecule has 0 fully saturated rings. The van der Waals surface area contributed by atoms with Crippen LogP contribution in [-0.4, -0.2) is 120 Å². The summed E-state index contributed by atoms with van der Waals surface area (Å²) in [5.41, 5.74) is -3.67. The minimum atomic E-state index is -6.00. The number of nitrogen functional groups attached to an aromatic ring is 1. The summed E-state index contributed by atoms with van der Waals surface area (Å²) < 4.78 is 221. The summed E-state index contributed by atoms with van der Waals surface area (Å²) in [5.74, 6) is -5.68. The van der Waals surface area contributed by atoms with Crippen molar-refractivity contribution in [3.63, 3.8) is 0 Å². The number of nitrogens with one attached hydrogen (secondary N) is 4. The molecule has 0 aliphatic rings. The van der Waals surface area contributed by atoms with Gasteiger partial charge in [-0.05, 0) is 125 Å². The van der Waals surface area contributed by atoms with Gasteiger partial charge in [0.1, 0.15) is 62.1 Å². The molecule has 10 aromatic rings. The number of aromatic nitrogens is 8. The molecule has 9 N–H and O–H groups in total. The zero-order valence-corrected chi connectivity index (χ0v) is 72.8. The van der Waals surface area contributed by atoms with E-state index in [0.29, 0.717) is 24.3 Å². The molecule has 0 saturated heterocycles. The van der Waals surface area contributed by atoms with Gasteiger partial charge in [-0.1, -0.05) is 29.0 Å². The molecular weight excluding hydrogens is 1630 g/mol. The van der Waals surface area contributed by atoms with Crippen molar-refractivity contribution in [2.24, 2.45) is 40.4 Å². The number of nitrogens with zero attached hydrogens (tertiary/aromatic N) is 12. The summed E-state index contributed by atoms with van der Waals surface area (Å²) in [6.07, 6.45) is 4.57. The number of aromatic carboxylic acids is 2. The Kier molecular flexibility index (Phi) is 32.4. The Morgan fingerprint density at radius 2 is 0.811 bits per heavy atom. The number of carboxylic acids is 2. The monoisotopic (exact) mass is 1660 g/mol. The molecule has 0 saturated carbocycles. The first kappa shape index (κ1) is 93.3. The van der Waals surface area contributed by atoms with Gasteiger partial charge in [-0.3, -0.25) is 23.6 Å². The Labute approximate surface area is 737 Å². The van der Waals surface area contributed by atoms with Gasteiger partial charge in [0, 0.05) is 16.5 Å². The van der Waals surface area contributed by atoms with Crippen LogP contribution in [0.2, 0.25) is 10.0 Å². The molecule has 0 aliphatic carbocycles. The third-order valence-electron chi connectivity index (χ3n) is 13.0. The molecule has 4 aromatic heterocycles. The molecule has 54 heteroatoms. The molecular formula is C52H31Cl2N17Na6O23S6+2. The van der Waals surface area contributed by atoms with Crippen LogP contribution in [0.3, 0.4) is 0 Å². The number of carboxylic acid groups (broad SMARTS) is 2. The SMILES string of the molecule is Nc1c(N=Nc2cc(N=c3nc(-[n+]4cccc(C(=O)[O-])c4)[nH]c(=Nc4ccc(Cl)c(S(=O)(=O)O)c4)[nH]3)ccc2S(=O)(=O)[O-])c(S(=O)(=O)[O-])cc2cc(S(=O)(=O)[O-])c(N=Nc3cc(N=c4nc(-[n+]5cccc(C(=O)[O-])c5)[nH]c(=Nc5ccc(Cl)c(S(=O)(=O)O)c5)[nH]4)ccc3S(=O)(=O)O)c([O-])c12.[Na+].[Na+].[Na+].[Na+].[Na+].[Na+]. The molecule has 40 nitrogen and oxygen atoms in total. The van der Waals surface area contributed by atoms with E-state index in [9.17, 15) is 103 Å². The van der Waals surface area contributed by atoms with Crippen LogP contribution in [0.15, 0.2) is 204 Å². The van der Waals surface area contributed by atoms with E-state index >= 15 is 0 Å². The summed E-state index contributed by atoms with van der Waals surface area (Å²) in [4.78, 5) is 52.4. The van der Waals surface area contributed by atoms with Crippen LogP contribution in [0, 0.1) is 0 Å². The second kappa shape index (κ2) is 36.8. The number of carbonyl (C=O) groups excluding carboxylic acids is 2. The van der Waals surface area contributed by atoms with Crippen molar-refractivity contribution in [1.82, 2.24) is 29.9 Å². The minimum Gasteiger partial charge on any atom is -0.870 e. The number of anilines is 1. The van der Waals surface area contributed by atoms with Crippen molar-refractivity contribution in [3.05, 3.63) is 178 Å². The van der Waals surface area contributed by atoms with Crippen molar-refractivity contribution in [3.8, 4) is 17.6 Å². The second-order valence-electron chi connectivity index (χ2n) is 19.7. The number of fused-ring (bicyclic) bond motifs is 1. The summed E-state index contributed by atoms with van der Waals surface area (Å²) in [6.45, 7) is 0. The van der Waals surface area contributed by atoms with E-state index in [0.717, 1.165) is 70.1 Å². The zero-order chi connectivity index (χ0) is 72.9. The summed E-state index contributed by atoms with van der Waals surface area (Å²) in [7, 11) is -32.9. The maximum absolute atomic E-state index is 14.6. The third-order valence-corrected chi connectivity index (χ3v) is 19.2. The average Bonchev–Trinajstić information content (AvgIpc) is 0.736. The molecule has 0 aliphatic heterocycles. The van der Waals surface area contributed by atoms with Crippen molar-refractivity contribution < 1.29 is 289 Å². The van der Waals surface area contributed by atoms with Gasteiger partial charge in [-0.2, -0.15) is 35.2 Å². The maximum atomic E-state index is 14.6. The van der Waals surface area contributed by atoms with E-state index in [-0.39, 0.29) is 230 Å². The van der Waals surface area contributed by atoms with Crippen LogP contribution in [0.5, 0.6) is 5.75 Å². The fourth-order valence-electron chi connectivity index (χ4n) is 8.76. The Bertz CT molecular complexity index is 5990. The van der Waals surface area contributed by atoms with E-state index in [4.69, 9.17) is 28.9 Å². The number of nitrogens with two attached hydrogens (primary N) is 1. The molecule has 0 atom stereocenters. The van der Waals surface area contributed by atoms with Crippen LogP contribution in [0.1, 0.15) is 20.7 Å². The van der Waals surface area contributed by atoms with Crippen LogP contribution < -0.4 is 230 Å². The number of aromatic amines is 4. The van der Waals surface area contributed by atoms with Gasteiger partial charge in [0.25, 0.3) is 41.6 Å². The molecule has 4 heterocycles. The first-order valence-corrected chi connectivity index (χ1v) is 35.6. The zero-order valence-electron chi connectivity index (χ0n) is 54.4. The molecule has 0 unspecified atom stereocenters.